The van der Waals surface area contributed by atoms with Crippen molar-refractivity contribution in [3.63, 3.8) is 0 Å². The Kier molecular flexibility index (Phi) is 4.31. The second-order valence-corrected chi connectivity index (χ2v) is 4.55. The standard InChI is InChI=1S/C12H15ClF2N2/c13-10-3-1-2-9(11(10)12(14)15)8-17-6-4-16-5-7-17/h1-3,12,16H,4-8H2. The van der Waals surface area contributed by atoms with Gasteiger partial charge in [-0.2, -0.15) is 0 Å². The molecule has 1 N–H and O–H groups in total. The molecule has 0 spiro atoms. The summed E-state index contributed by atoms with van der Waals surface area (Å²) < 4.78 is 25.9. The second-order valence-electron chi connectivity index (χ2n) is 4.14. The molecular formula is C12H15ClF2N2. The van der Waals surface area contributed by atoms with Gasteiger partial charge in [-0.25, -0.2) is 8.78 Å². The van der Waals surface area contributed by atoms with E-state index in [1.165, 1.54) is 6.07 Å². The molecule has 94 valence electrons. The van der Waals surface area contributed by atoms with Gasteiger partial charge in [-0.15, -0.1) is 0 Å². The first kappa shape index (κ1) is 12.7. The molecule has 1 aromatic carbocycles. The van der Waals surface area contributed by atoms with Crippen LogP contribution in [-0.4, -0.2) is 31.1 Å². The molecule has 2 nitrogen and oxygen atoms in total. The molecule has 1 heterocycles. The zero-order valence-electron chi connectivity index (χ0n) is 9.43. The van der Waals surface area contributed by atoms with Crippen molar-refractivity contribution in [2.75, 3.05) is 26.2 Å². The third-order valence-electron chi connectivity index (χ3n) is 2.97. The summed E-state index contributed by atoms with van der Waals surface area (Å²) in [6.45, 7) is 4.13. The Balaban J connectivity index is 2.16. The molecule has 0 amide bonds. The average Bonchev–Trinajstić information content (AvgIpc) is 2.30. The molecular weight excluding hydrogens is 246 g/mol. The van der Waals surface area contributed by atoms with Crippen LogP contribution in [-0.2, 0) is 6.54 Å². The second kappa shape index (κ2) is 5.76. The molecule has 1 aromatic rings. The third-order valence-corrected chi connectivity index (χ3v) is 3.29. The van der Waals surface area contributed by atoms with Gasteiger partial charge in [0.15, 0.2) is 0 Å². The number of alkyl halides is 2. The first-order valence-electron chi connectivity index (χ1n) is 5.67. The van der Waals surface area contributed by atoms with Gasteiger partial charge in [-0.1, -0.05) is 23.7 Å². The topological polar surface area (TPSA) is 15.3 Å². The summed E-state index contributed by atoms with van der Waals surface area (Å²) in [6.07, 6.45) is -2.51. The lowest BCUT2D eigenvalue weighted by molar-refractivity contribution is 0.147. The molecule has 0 atom stereocenters. The fourth-order valence-corrected chi connectivity index (χ4v) is 2.35. The summed E-state index contributed by atoms with van der Waals surface area (Å²) in [5.41, 5.74) is 0.613. The molecule has 5 heteroatoms. The first-order valence-corrected chi connectivity index (χ1v) is 6.05. The van der Waals surface area contributed by atoms with E-state index >= 15 is 0 Å². The summed E-state index contributed by atoms with van der Waals surface area (Å²) in [6, 6.07) is 4.98. The normalized spacial score (nSPS) is 17.6. The largest absolute Gasteiger partial charge is 0.314 e. The Morgan fingerprint density at radius 1 is 1.29 bits per heavy atom. The Hall–Kier alpha value is -0.710. The van der Waals surface area contributed by atoms with Crippen LogP contribution in [0, 0.1) is 0 Å². The number of nitrogens with zero attached hydrogens (tertiary/aromatic N) is 1. The Morgan fingerprint density at radius 3 is 2.65 bits per heavy atom. The zero-order chi connectivity index (χ0) is 12.3. The van der Waals surface area contributed by atoms with Crippen molar-refractivity contribution in [2.45, 2.75) is 13.0 Å². The average molecular weight is 261 g/mol. The molecule has 0 aromatic heterocycles. The molecule has 0 aliphatic carbocycles. The number of halogens is 3. The molecule has 1 aliphatic rings. The molecule has 0 bridgehead atoms. The fraction of sp³-hybridized carbons (Fsp3) is 0.500. The van der Waals surface area contributed by atoms with E-state index in [1.807, 2.05) is 0 Å². The molecule has 0 radical (unpaired) electrons. The van der Waals surface area contributed by atoms with E-state index in [1.54, 1.807) is 12.1 Å². The van der Waals surface area contributed by atoms with E-state index in [2.05, 4.69) is 10.2 Å². The van der Waals surface area contributed by atoms with Crippen LogP contribution in [0.5, 0.6) is 0 Å². The van der Waals surface area contributed by atoms with Crippen molar-refractivity contribution in [2.24, 2.45) is 0 Å². The molecule has 1 fully saturated rings. The summed E-state index contributed by atoms with van der Waals surface area (Å²) in [5, 5.41) is 3.39. The molecule has 17 heavy (non-hydrogen) atoms. The number of hydrogen-bond acceptors (Lipinski definition) is 2. The van der Waals surface area contributed by atoms with Crippen LogP contribution in [0.25, 0.3) is 0 Å². The fourth-order valence-electron chi connectivity index (χ4n) is 2.07. The highest BCUT2D eigenvalue weighted by Gasteiger charge is 2.19. The third kappa shape index (κ3) is 3.15. The minimum Gasteiger partial charge on any atom is -0.314 e. The van der Waals surface area contributed by atoms with E-state index in [0.717, 1.165) is 26.2 Å². The highest BCUT2D eigenvalue weighted by atomic mass is 35.5. The Morgan fingerprint density at radius 2 is 2.00 bits per heavy atom. The van der Waals surface area contributed by atoms with E-state index in [-0.39, 0.29) is 10.6 Å². The van der Waals surface area contributed by atoms with Crippen molar-refractivity contribution >= 4 is 11.6 Å². The first-order chi connectivity index (χ1) is 8.18. The zero-order valence-corrected chi connectivity index (χ0v) is 10.2. The minimum atomic E-state index is -2.51. The van der Waals surface area contributed by atoms with Gasteiger partial charge < -0.3 is 5.32 Å². The minimum absolute atomic E-state index is 0.0206. The quantitative estimate of drug-likeness (QED) is 0.899. The number of rotatable bonds is 3. The van der Waals surface area contributed by atoms with Gasteiger partial charge in [0.2, 0.25) is 0 Å². The lowest BCUT2D eigenvalue weighted by atomic mass is 10.1. The molecule has 1 saturated heterocycles. The molecule has 2 rings (SSSR count). The van der Waals surface area contributed by atoms with Crippen molar-refractivity contribution < 1.29 is 8.78 Å². The Bertz CT molecular complexity index is 379. The summed E-state index contributed by atoms with van der Waals surface area (Å²) in [4.78, 5) is 2.16. The van der Waals surface area contributed by atoms with E-state index in [0.29, 0.717) is 12.1 Å². The lowest BCUT2D eigenvalue weighted by Gasteiger charge is -2.28. The predicted octanol–water partition coefficient (Wildman–Crippen LogP) is 2.68. The van der Waals surface area contributed by atoms with Gasteiger partial charge in [0, 0.05) is 43.3 Å². The predicted molar refractivity (Wildman–Crippen MR) is 64.6 cm³/mol. The maximum absolute atomic E-state index is 12.9. The van der Waals surface area contributed by atoms with Crippen LogP contribution < -0.4 is 5.32 Å². The summed E-state index contributed by atoms with van der Waals surface area (Å²) >= 11 is 5.83. The highest BCUT2D eigenvalue weighted by molar-refractivity contribution is 6.31. The lowest BCUT2D eigenvalue weighted by Crippen LogP contribution is -2.43. The Labute approximate surface area is 105 Å². The van der Waals surface area contributed by atoms with Crippen molar-refractivity contribution in [3.8, 4) is 0 Å². The smallest absolute Gasteiger partial charge is 0.265 e. The van der Waals surface area contributed by atoms with Crippen LogP contribution in [0.1, 0.15) is 17.6 Å². The SMILES string of the molecule is FC(F)c1c(Cl)cccc1CN1CCNCC1. The van der Waals surface area contributed by atoms with Crippen LogP contribution in [0.15, 0.2) is 18.2 Å². The highest BCUT2D eigenvalue weighted by Crippen LogP contribution is 2.30. The number of piperazine rings is 1. The molecule has 1 aliphatic heterocycles. The molecule has 0 unspecified atom stereocenters. The van der Waals surface area contributed by atoms with E-state index in [4.69, 9.17) is 11.6 Å². The van der Waals surface area contributed by atoms with Gasteiger partial charge >= 0.3 is 0 Å². The van der Waals surface area contributed by atoms with Gasteiger partial charge in [0.05, 0.1) is 0 Å². The number of nitrogens with one attached hydrogen (secondary N) is 1. The maximum atomic E-state index is 12.9. The van der Waals surface area contributed by atoms with Gasteiger partial charge in [-0.3, -0.25) is 4.90 Å². The van der Waals surface area contributed by atoms with Gasteiger partial charge in [0.25, 0.3) is 6.43 Å². The number of benzene rings is 1. The summed E-state index contributed by atoms with van der Waals surface area (Å²) in [7, 11) is 0. The van der Waals surface area contributed by atoms with E-state index < -0.39 is 6.43 Å². The van der Waals surface area contributed by atoms with Crippen LogP contribution in [0.3, 0.4) is 0 Å². The monoisotopic (exact) mass is 260 g/mol. The van der Waals surface area contributed by atoms with Gasteiger partial charge in [0.1, 0.15) is 0 Å². The van der Waals surface area contributed by atoms with Crippen molar-refractivity contribution in [3.05, 3.63) is 34.3 Å². The maximum Gasteiger partial charge on any atom is 0.265 e. The van der Waals surface area contributed by atoms with Gasteiger partial charge in [-0.05, 0) is 11.6 Å². The number of hydrogen-bond donors (Lipinski definition) is 1. The summed E-state index contributed by atoms with van der Waals surface area (Å²) in [5.74, 6) is 0. The molecule has 0 saturated carbocycles. The van der Waals surface area contributed by atoms with Crippen molar-refractivity contribution in [1.82, 2.24) is 10.2 Å². The van der Waals surface area contributed by atoms with E-state index in [9.17, 15) is 8.78 Å². The van der Waals surface area contributed by atoms with Crippen LogP contribution in [0.2, 0.25) is 5.02 Å². The van der Waals surface area contributed by atoms with Crippen LogP contribution >= 0.6 is 11.6 Å². The van der Waals surface area contributed by atoms with Crippen LogP contribution in [0.4, 0.5) is 8.78 Å². The van der Waals surface area contributed by atoms with Crippen molar-refractivity contribution in [1.29, 1.82) is 0 Å².